The Balaban J connectivity index is 0.000000652. The van der Waals surface area contributed by atoms with E-state index >= 15 is 0 Å². The molecule has 16 atom stereocenters. The topological polar surface area (TPSA) is 321 Å². The van der Waals surface area contributed by atoms with Gasteiger partial charge in [0.05, 0.1) is 61.3 Å². The second kappa shape index (κ2) is 65.5. The molecule has 0 aromatic carbocycles. The van der Waals surface area contributed by atoms with Gasteiger partial charge in [-0.1, -0.05) is 66.5 Å². The highest BCUT2D eigenvalue weighted by Gasteiger charge is 2.28. The molecule has 32 heteroatoms. The van der Waals surface area contributed by atoms with Crippen LogP contribution in [0.1, 0.15) is 173 Å². The lowest BCUT2D eigenvalue weighted by atomic mass is 10.2. The van der Waals surface area contributed by atoms with E-state index in [0.29, 0.717) is 110 Å². The molecule has 8 saturated heterocycles. The largest absolute Gasteiger partial charge is 0.446 e. The number of hydrogen-bond donors (Lipinski definition) is 0. The van der Waals surface area contributed by atoms with Gasteiger partial charge in [0.15, 0.2) is 10.9 Å². The van der Waals surface area contributed by atoms with E-state index in [9.17, 15) is 38.4 Å². The molecule has 16 unspecified atom stereocenters. The molecule has 0 spiro atoms. The summed E-state index contributed by atoms with van der Waals surface area (Å²) in [6.45, 7) is 56.3. The average Bonchev–Trinajstić information content (AvgIpc) is 1.82. The van der Waals surface area contributed by atoms with Crippen molar-refractivity contribution in [2.45, 2.75) is 269 Å². The number of esters is 8. The minimum Gasteiger partial charge on any atom is -0.446 e. The lowest BCUT2D eigenvalue weighted by molar-refractivity contribution is -0.205. The first-order valence-electron chi connectivity index (χ1n) is 38.9. The summed E-state index contributed by atoms with van der Waals surface area (Å²) in [6.07, 6.45) is 16.1. The summed E-state index contributed by atoms with van der Waals surface area (Å²) in [5, 5.41) is 1.03. The maximum absolute atomic E-state index is 11.3. The maximum Gasteiger partial charge on any atom is 0.335 e. The minimum absolute atomic E-state index is 0.0559. The summed E-state index contributed by atoms with van der Waals surface area (Å²) in [4.78, 5) is 88.7. The Morgan fingerprint density at radius 3 is 0.886 bits per heavy atom. The molecule has 0 saturated carbocycles. The molecule has 114 heavy (non-hydrogen) atoms. The normalized spacial score (nSPS) is 28.2. The third-order valence-corrected chi connectivity index (χ3v) is 20.5. The van der Waals surface area contributed by atoms with E-state index in [1.54, 1.807) is 74.7 Å². The van der Waals surface area contributed by atoms with Crippen molar-refractivity contribution in [3.63, 3.8) is 0 Å². The van der Waals surface area contributed by atoms with E-state index in [2.05, 4.69) is 66.5 Å². The van der Waals surface area contributed by atoms with Gasteiger partial charge in [0.1, 0.15) is 26.4 Å². The predicted molar refractivity (Wildman–Crippen MR) is 441 cm³/mol. The van der Waals surface area contributed by atoms with Gasteiger partial charge in [0.25, 0.3) is 0 Å². The summed E-state index contributed by atoms with van der Waals surface area (Å²) in [7, 11) is 0. The first-order valence-corrected chi connectivity index (χ1v) is 43.1. The van der Waals surface area contributed by atoms with Gasteiger partial charge in [-0.15, -0.1) is 23.5 Å². The Morgan fingerprint density at radius 1 is 0.298 bits per heavy atom. The van der Waals surface area contributed by atoms with Crippen molar-refractivity contribution < 1.29 is 133 Å². The van der Waals surface area contributed by atoms with E-state index in [0.717, 1.165) is 133 Å². The fourth-order valence-electron chi connectivity index (χ4n) is 9.79. The van der Waals surface area contributed by atoms with Gasteiger partial charge in [-0.25, -0.2) is 38.4 Å². The number of hydrogen-bond acceptors (Lipinski definition) is 32. The maximum atomic E-state index is 11.3. The van der Waals surface area contributed by atoms with Crippen molar-refractivity contribution in [1.82, 2.24) is 0 Å². The molecule has 0 radical (unpaired) electrons. The minimum atomic E-state index is -0.607. The number of carbonyl (C=O) groups is 8. The summed E-state index contributed by atoms with van der Waals surface area (Å²) < 4.78 is 105. The number of carbonyl (C=O) groups excluding carboxylic acids is 8. The Hall–Kier alpha value is -5.40. The third-order valence-electron chi connectivity index (χ3n) is 15.8. The van der Waals surface area contributed by atoms with Crippen molar-refractivity contribution in [2.24, 2.45) is 0 Å². The fraction of sp³-hybridized carbons (Fsp3) is 0.707. The highest BCUT2D eigenvalue weighted by molar-refractivity contribution is 8.00. The molecule has 8 fully saturated rings. The van der Waals surface area contributed by atoms with Crippen LogP contribution >= 0.6 is 47.0 Å². The molecule has 8 aliphatic heterocycles. The van der Waals surface area contributed by atoms with Crippen molar-refractivity contribution >= 4 is 94.8 Å². The van der Waals surface area contributed by atoms with Crippen LogP contribution in [0.15, 0.2) is 99.2 Å². The zero-order valence-electron chi connectivity index (χ0n) is 69.5. The highest BCUT2D eigenvalue weighted by atomic mass is 32.2. The lowest BCUT2D eigenvalue weighted by Crippen LogP contribution is -2.32. The molecule has 0 bridgehead atoms. The van der Waals surface area contributed by atoms with Gasteiger partial charge >= 0.3 is 47.8 Å². The Kier molecular flexibility index (Phi) is 61.3. The van der Waals surface area contributed by atoms with E-state index < -0.39 is 67.6 Å². The molecule has 8 aliphatic rings. The van der Waals surface area contributed by atoms with Crippen molar-refractivity contribution in [3.05, 3.63) is 99.2 Å². The summed E-state index contributed by atoms with van der Waals surface area (Å²) >= 11 is 6.82. The van der Waals surface area contributed by atoms with E-state index in [1.807, 2.05) is 41.5 Å². The molecule has 652 valence electrons. The average molecular weight is 1690 g/mol. The summed E-state index contributed by atoms with van der Waals surface area (Å²) in [5.41, 5.74) is 1.21. The van der Waals surface area contributed by atoms with Crippen molar-refractivity contribution in [2.75, 3.05) is 102 Å². The van der Waals surface area contributed by atoms with Crippen LogP contribution in [0.25, 0.3) is 0 Å². The van der Waals surface area contributed by atoms with Crippen LogP contribution in [0.3, 0.4) is 0 Å². The zero-order valence-corrected chi connectivity index (χ0v) is 72.7. The Labute approximate surface area is 694 Å². The van der Waals surface area contributed by atoms with Gasteiger partial charge in [-0.3, -0.25) is 0 Å². The van der Waals surface area contributed by atoms with Crippen molar-refractivity contribution in [3.8, 4) is 0 Å². The lowest BCUT2D eigenvalue weighted by Gasteiger charge is -2.25. The molecule has 8 rings (SSSR count). The van der Waals surface area contributed by atoms with Crippen LogP contribution < -0.4 is 0 Å². The zero-order chi connectivity index (χ0) is 85.2. The molecule has 0 aliphatic carbocycles. The second-order valence-electron chi connectivity index (χ2n) is 27.3. The number of ether oxygens (including phenoxy) is 20. The first-order chi connectivity index (χ1) is 54.2. The first kappa shape index (κ1) is 107. The number of thioether (sulfide) groups is 4. The van der Waals surface area contributed by atoms with Gasteiger partial charge in [-0.05, 0) is 171 Å². The van der Waals surface area contributed by atoms with Crippen LogP contribution in [0, 0.1) is 0 Å². The van der Waals surface area contributed by atoms with E-state index in [4.69, 9.17) is 94.7 Å². The second-order valence-corrected chi connectivity index (χ2v) is 32.9. The molecule has 0 aromatic rings. The smallest absolute Gasteiger partial charge is 0.335 e. The molecule has 8 heterocycles. The monoisotopic (exact) mass is 1690 g/mol. The van der Waals surface area contributed by atoms with Gasteiger partial charge in [-0.2, -0.15) is 23.5 Å². The van der Waals surface area contributed by atoms with Gasteiger partial charge in [0, 0.05) is 96.7 Å². The molecule has 28 nitrogen and oxygen atoms in total. The van der Waals surface area contributed by atoms with Crippen LogP contribution in [0.2, 0.25) is 0 Å². The van der Waals surface area contributed by atoms with E-state index in [1.165, 1.54) is 6.08 Å². The molecule has 0 aromatic heterocycles. The Bertz CT molecular complexity index is 2640. The predicted octanol–water partition coefficient (Wildman–Crippen LogP) is 13.7. The van der Waals surface area contributed by atoms with Gasteiger partial charge in [0.2, 0.25) is 37.7 Å². The molecule has 0 N–H and O–H groups in total. The van der Waals surface area contributed by atoms with Crippen molar-refractivity contribution in [1.29, 1.82) is 0 Å². The van der Waals surface area contributed by atoms with E-state index in [-0.39, 0.29) is 65.4 Å². The highest BCUT2D eigenvalue weighted by Crippen LogP contribution is 2.28. The summed E-state index contributed by atoms with van der Waals surface area (Å²) in [6, 6.07) is 0. The molecular formula is C82H132O28S4. The molecular weight excluding hydrogens is 1560 g/mol. The van der Waals surface area contributed by atoms with Crippen LogP contribution in [0.4, 0.5) is 0 Å². The van der Waals surface area contributed by atoms with Crippen LogP contribution in [-0.4, -0.2) is 246 Å². The third kappa shape index (κ3) is 56.9. The fourth-order valence-corrected chi connectivity index (χ4v) is 13.8. The number of rotatable bonds is 16. The quantitative estimate of drug-likeness (QED) is 0.0787. The van der Waals surface area contributed by atoms with Gasteiger partial charge < -0.3 is 94.7 Å². The molecule has 0 amide bonds. The SMILES string of the molecule is C=C(C)C(=O)OC1COCCC(C)O1.C=C(C)C(=O)OC1COCCCC(C)O1.C=C(C)C(=O)OC1COCCCC(C)S1.C=C(C)C(=O)OC1CSCCCC(C)O1.C=CC(=O)OC1COCCC(C)O1.C=CC(=O)OC1COCCCC(C)O1.C=CC(=O)OC1COCCCC(C)S1.C=CC(=O)OC1CSCCCC(C)O1. The van der Waals surface area contributed by atoms with Crippen LogP contribution in [-0.2, 0) is 133 Å². The standard InChI is InChI=1S/C11H18O4.2C11H18O3S.2C10H16O4.2C10H16O3S.C9H14O4/c1-8(2)11(12)15-10-7-13-6-4-5-9(3)14-10;1-8(2)11(12)14-10-7-15-6-4-5-9(3)13-10;1-8(2)11(12)14-10-7-13-6-4-5-9(3)15-10;1-7(2)10(11)14-9-6-12-5-4-8(3)13-9;1-3-9(11)14-10-7-12-6-4-5-8(2)13-10;1-3-9(11)13-10-7-14-6-4-5-8(2)12-10;1-3-9(11)13-10-7-12-6-4-5-8(2)14-10;1-3-8(10)13-9-6-11-5-4-7(2)12-9/h3*9-10H,1,4-7H2,2-3H3;8-9H,1,4-6H2,2-3H3;3*3,8,10H,1,4-7H2,2H3;3,7,9H,1,4-6H2,2H3. The van der Waals surface area contributed by atoms with Crippen LogP contribution in [0.5, 0.6) is 0 Å². The Morgan fingerprint density at radius 2 is 0.544 bits per heavy atom. The summed E-state index contributed by atoms with van der Waals surface area (Å²) in [5.74, 6) is 0.315.